The number of amides is 2. The van der Waals surface area contributed by atoms with E-state index in [-0.39, 0.29) is 17.6 Å². The van der Waals surface area contributed by atoms with E-state index in [1.165, 1.54) is 0 Å². The lowest BCUT2D eigenvalue weighted by Gasteiger charge is -2.06. The Morgan fingerprint density at radius 2 is 1.81 bits per heavy atom. The fourth-order valence-electron chi connectivity index (χ4n) is 2.64. The second-order valence-corrected chi connectivity index (χ2v) is 6.18. The van der Waals surface area contributed by atoms with Gasteiger partial charge in [0, 0.05) is 17.6 Å². The van der Waals surface area contributed by atoms with Crippen LogP contribution in [-0.2, 0) is 11.2 Å². The first-order valence-corrected chi connectivity index (χ1v) is 8.81. The first-order valence-electron chi connectivity index (χ1n) is 8.81. The van der Waals surface area contributed by atoms with Crippen LogP contribution in [0.25, 0.3) is 11.0 Å². The molecule has 5 heteroatoms. The molecule has 1 aromatic heterocycles. The molecule has 2 amide bonds. The second kappa shape index (κ2) is 8.34. The third-order valence-electron chi connectivity index (χ3n) is 4.08. The van der Waals surface area contributed by atoms with Crippen LogP contribution in [-0.4, -0.2) is 18.4 Å². The molecule has 2 aromatic carbocycles. The molecule has 3 rings (SSSR count). The van der Waals surface area contributed by atoms with Gasteiger partial charge in [-0.2, -0.15) is 0 Å². The quantitative estimate of drug-likeness (QED) is 0.629. The van der Waals surface area contributed by atoms with E-state index in [1.807, 2.05) is 36.4 Å². The van der Waals surface area contributed by atoms with Crippen LogP contribution >= 0.6 is 0 Å². The zero-order valence-corrected chi connectivity index (χ0v) is 14.7. The van der Waals surface area contributed by atoms with Gasteiger partial charge in [-0.15, -0.1) is 0 Å². The third kappa shape index (κ3) is 4.51. The number of carbonyl (C=O) groups is 2. The van der Waals surface area contributed by atoms with Crippen LogP contribution in [0.4, 0.5) is 5.69 Å². The topological polar surface area (TPSA) is 71.3 Å². The molecule has 0 spiro atoms. The minimum Gasteiger partial charge on any atom is -0.451 e. The van der Waals surface area contributed by atoms with Gasteiger partial charge in [0.1, 0.15) is 5.58 Å². The van der Waals surface area contributed by atoms with Crippen LogP contribution in [0.1, 0.15) is 35.9 Å². The molecule has 1 heterocycles. The fraction of sp³-hybridized carbons (Fsp3) is 0.238. The van der Waals surface area contributed by atoms with Gasteiger partial charge in [0.25, 0.3) is 5.91 Å². The van der Waals surface area contributed by atoms with E-state index >= 15 is 0 Å². The lowest BCUT2D eigenvalue weighted by atomic mass is 10.1. The summed E-state index contributed by atoms with van der Waals surface area (Å²) in [4.78, 5) is 24.2. The van der Waals surface area contributed by atoms with Crippen molar-refractivity contribution in [3.8, 4) is 0 Å². The van der Waals surface area contributed by atoms with Crippen LogP contribution in [0.3, 0.4) is 0 Å². The summed E-state index contributed by atoms with van der Waals surface area (Å²) in [6.45, 7) is 2.80. The predicted molar refractivity (Wildman–Crippen MR) is 102 cm³/mol. The van der Waals surface area contributed by atoms with Crippen LogP contribution in [0, 0.1) is 0 Å². The number of benzene rings is 2. The van der Waals surface area contributed by atoms with Crippen LogP contribution < -0.4 is 10.6 Å². The highest BCUT2D eigenvalue weighted by atomic mass is 16.3. The summed E-state index contributed by atoms with van der Waals surface area (Å²) >= 11 is 0. The highest BCUT2D eigenvalue weighted by molar-refractivity contribution is 6.04. The zero-order valence-electron chi connectivity index (χ0n) is 14.7. The number of carbonyl (C=O) groups excluding carboxylic acids is 2. The van der Waals surface area contributed by atoms with Gasteiger partial charge in [-0.3, -0.25) is 9.59 Å². The molecule has 0 unspecified atom stereocenters. The Labute approximate surface area is 152 Å². The summed E-state index contributed by atoms with van der Waals surface area (Å²) in [6, 6.07) is 16.5. The van der Waals surface area contributed by atoms with Gasteiger partial charge >= 0.3 is 0 Å². The number of hydrogen-bond donors (Lipinski definition) is 2. The summed E-state index contributed by atoms with van der Waals surface area (Å²) in [6.07, 6.45) is 2.37. The molecule has 0 aliphatic rings. The maximum atomic E-state index is 12.3. The number of para-hydroxylation sites is 1. The molecular formula is C21H22N2O3. The lowest BCUT2D eigenvalue weighted by Crippen LogP contribution is -2.25. The Bertz CT molecular complexity index is 864. The number of rotatable bonds is 7. The normalized spacial score (nSPS) is 10.7. The SMILES string of the molecule is CCCCNC(=O)Cc1ccc(NC(=O)c2cc3ccccc3o2)cc1. The summed E-state index contributed by atoms with van der Waals surface area (Å²) in [5, 5.41) is 6.59. The van der Waals surface area contributed by atoms with Crippen molar-refractivity contribution >= 4 is 28.5 Å². The number of unbranched alkanes of at least 4 members (excludes halogenated alkanes) is 1. The number of furan rings is 1. The monoisotopic (exact) mass is 350 g/mol. The van der Waals surface area contributed by atoms with Crippen LogP contribution in [0.5, 0.6) is 0 Å². The van der Waals surface area contributed by atoms with Crippen LogP contribution in [0.2, 0.25) is 0 Å². The van der Waals surface area contributed by atoms with E-state index < -0.39 is 0 Å². The Morgan fingerprint density at radius 1 is 1.04 bits per heavy atom. The van der Waals surface area contributed by atoms with Gasteiger partial charge < -0.3 is 15.1 Å². The number of nitrogens with one attached hydrogen (secondary N) is 2. The van der Waals surface area contributed by atoms with Gasteiger partial charge in [-0.05, 0) is 36.2 Å². The smallest absolute Gasteiger partial charge is 0.291 e. The molecule has 0 bridgehead atoms. The standard InChI is InChI=1S/C21H22N2O3/c1-2-3-12-22-20(24)13-15-8-10-17(11-9-15)23-21(25)19-14-16-6-4-5-7-18(16)26-19/h4-11,14H,2-3,12-13H2,1H3,(H,22,24)(H,23,25). The molecule has 0 radical (unpaired) electrons. The summed E-state index contributed by atoms with van der Waals surface area (Å²) in [5.41, 5.74) is 2.24. The Kier molecular flexibility index (Phi) is 5.69. The van der Waals surface area contributed by atoms with Crippen molar-refractivity contribution in [1.29, 1.82) is 0 Å². The van der Waals surface area contributed by atoms with Crippen molar-refractivity contribution < 1.29 is 14.0 Å². The average molecular weight is 350 g/mol. The summed E-state index contributed by atoms with van der Waals surface area (Å²) in [5.74, 6) is -0.0191. The van der Waals surface area contributed by atoms with Gasteiger partial charge in [-0.25, -0.2) is 0 Å². The molecule has 0 aliphatic heterocycles. The first-order chi connectivity index (χ1) is 12.7. The molecule has 26 heavy (non-hydrogen) atoms. The third-order valence-corrected chi connectivity index (χ3v) is 4.08. The van der Waals surface area contributed by atoms with Gasteiger partial charge in [0.2, 0.25) is 5.91 Å². The van der Waals surface area contributed by atoms with Gasteiger partial charge in [0.05, 0.1) is 6.42 Å². The summed E-state index contributed by atoms with van der Waals surface area (Å²) < 4.78 is 5.56. The molecule has 2 N–H and O–H groups in total. The largest absolute Gasteiger partial charge is 0.451 e. The van der Waals surface area contributed by atoms with Gasteiger partial charge in [-0.1, -0.05) is 43.7 Å². The highest BCUT2D eigenvalue weighted by Gasteiger charge is 2.12. The molecule has 0 aliphatic carbocycles. The molecule has 0 fully saturated rings. The second-order valence-electron chi connectivity index (χ2n) is 6.18. The molecular weight excluding hydrogens is 328 g/mol. The number of anilines is 1. The molecule has 0 saturated heterocycles. The minimum atomic E-state index is -0.300. The molecule has 134 valence electrons. The minimum absolute atomic E-state index is 0.0116. The van der Waals surface area contributed by atoms with Crippen LogP contribution in [0.15, 0.2) is 59.0 Å². The van der Waals surface area contributed by atoms with E-state index in [0.717, 1.165) is 23.8 Å². The van der Waals surface area contributed by atoms with Crippen molar-refractivity contribution in [3.63, 3.8) is 0 Å². The molecule has 0 atom stereocenters. The van der Waals surface area contributed by atoms with E-state index in [0.29, 0.717) is 24.2 Å². The number of fused-ring (bicyclic) bond motifs is 1. The van der Waals surface area contributed by atoms with Crippen molar-refractivity contribution in [1.82, 2.24) is 5.32 Å². The maximum absolute atomic E-state index is 12.3. The lowest BCUT2D eigenvalue weighted by molar-refractivity contribution is -0.120. The van der Waals surface area contributed by atoms with E-state index in [9.17, 15) is 9.59 Å². The highest BCUT2D eigenvalue weighted by Crippen LogP contribution is 2.20. The Balaban J connectivity index is 1.58. The fourth-order valence-corrected chi connectivity index (χ4v) is 2.64. The zero-order chi connectivity index (χ0) is 18.4. The Hall–Kier alpha value is -3.08. The average Bonchev–Trinajstić information content (AvgIpc) is 3.08. The summed E-state index contributed by atoms with van der Waals surface area (Å²) in [7, 11) is 0. The molecule has 5 nitrogen and oxygen atoms in total. The van der Waals surface area contributed by atoms with Gasteiger partial charge in [0.15, 0.2) is 5.76 Å². The predicted octanol–water partition coefficient (Wildman–Crippen LogP) is 4.14. The molecule has 3 aromatic rings. The van der Waals surface area contributed by atoms with E-state index in [1.54, 1.807) is 18.2 Å². The van der Waals surface area contributed by atoms with E-state index in [4.69, 9.17) is 4.42 Å². The van der Waals surface area contributed by atoms with E-state index in [2.05, 4.69) is 17.6 Å². The Morgan fingerprint density at radius 3 is 2.54 bits per heavy atom. The first kappa shape index (κ1) is 17.7. The van der Waals surface area contributed by atoms with Crippen molar-refractivity contribution in [3.05, 3.63) is 65.9 Å². The van der Waals surface area contributed by atoms with Crippen molar-refractivity contribution in [2.45, 2.75) is 26.2 Å². The maximum Gasteiger partial charge on any atom is 0.291 e. The molecule has 0 saturated carbocycles. The van der Waals surface area contributed by atoms with Crippen molar-refractivity contribution in [2.24, 2.45) is 0 Å². The van der Waals surface area contributed by atoms with Crippen molar-refractivity contribution in [2.75, 3.05) is 11.9 Å². The number of hydrogen-bond acceptors (Lipinski definition) is 3.